The first kappa shape index (κ1) is 17.4. The first-order valence-electron chi connectivity index (χ1n) is 7.93. The van der Waals surface area contributed by atoms with E-state index >= 15 is 0 Å². The quantitative estimate of drug-likeness (QED) is 0.432. The normalized spacial score (nSPS) is 24.3. The van der Waals surface area contributed by atoms with Gasteiger partial charge in [0.1, 0.15) is 0 Å². The second kappa shape index (κ2) is 6.48. The average Bonchev–Trinajstić information content (AvgIpc) is 3.03. The second-order valence-electron chi connectivity index (χ2n) is 6.66. The van der Waals surface area contributed by atoms with Gasteiger partial charge in [0.15, 0.2) is 0 Å². The van der Waals surface area contributed by atoms with Crippen LogP contribution in [0.1, 0.15) is 30.7 Å². The van der Waals surface area contributed by atoms with Crippen LogP contribution in [0.25, 0.3) is 12.2 Å². The Bertz CT molecular complexity index is 726. The van der Waals surface area contributed by atoms with Crippen LogP contribution in [0.4, 0.5) is 0 Å². The third kappa shape index (κ3) is 2.59. The van der Waals surface area contributed by atoms with E-state index in [1.165, 1.54) is 20.6 Å². The van der Waals surface area contributed by atoms with E-state index in [0.717, 1.165) is 8.45 Å². The molecule has 1 heterocycles. The van der Waals surface area contributed by atoms with Crippen molar-refractivity contribution >= 4 is 46.1 Å². The summed E-state index contributed by atoms with van der Waals surface area (Å²) in [5, 5.41) is 0. The molecule has 118 valence electrons. The second-order valence-corrected chi connectivity index (χ2v) is 14.0. The predicted octanol–water partition coefficient (Wildman–Crippen LogP) is 6.68. The van der Waals surface area contributed by atoms with Crippen molar-refractivity contribution in [2.45, 2.75) is 17.9 Å². The first-order valence-corrected chi connectivity index (χ1v) is 11.9. The Labute approximate surface area is 162 Å². The molecule has 2 aromatic rings. The van der Waals surface area contributed by atoms with E-state index in [1.807, 2.05) is 0 Å². The molecule has 0 aromatic heterocycles. The molecule has 2 aromatic carbocycles. The van der Waals surface area contributed by atoms with E-state index in [-0.39, 0.29) is 34.0 Å². The maximum atomic E-state index is 2.53. The van der Waals surface area contributed by atoms with Crippen LogP contribution in [0, 0.1) is 0 Å². The van der Waals surface area contributed by atoms with Crippen LogP contribution in [0.3, 0.4) is 0 Å². The van der Waals surface area contributed by atoms with Crippen molar-refractivity contribution in [1.82, 2.24) is 0 Å². The summed E-state index contributed by atoms with van der Waals surface area (Å²) in [6, 6.07) is 18.1. The van der Waals surface area contributed by atoms with E-state index in [0.29, 0.717) is 0 Å². The van der Waals surface area contributed by atoms with Crippen molar-refractivity contribution in [3.8, 4) is 0 Å². The van der Waals surface area contributed by atoms with Gasteiger partial charge in [-0.05, 0) is 0 Å². The summed E-state index contributed by atoms with van der Waals surface area (Å²) in [6.07, 6.45) is 9.81. The molecule has 0 bridgehead atoms. The molecule has 2 unspecified atom stereocenters. The molecule has 2 aliphatic carbocycles. The average molecular weight is 468 g/mol. The van der Waals surface area contributed by atoms with Crippen molar-refractivity contribution in [2.75, 3.05) is 0 Å². The predicted molar refractivity (Wildman–Crippen MR) is 107 cm³/mol. The molecule has 3 heteroatoms. The molecule has 1 saturated heterocycles. The first-order chi connectivity index (χ1) is 10.4. The number of rotatable bonds is 2. The summed E-state index contributed by atoms with van der Waals surface area (Å²) < 4.78 is 4.63. The number of fused-ring (bicyclic) bond motifs is 2. The Hall–Kier alpha value is -0.406. The Balaban J connectivity index is 0.000000781. The molecule has 0 radical (unpaired) electrons. The minimum absolute atomic E-state index is 0. The minimum atomic E-state index is -1.85. The fourth-order valence-electron chi connectivity index (χ4n) is 4.46. The number of hydrogen-bond acceptors (Lipinski definition) is 0. The van der Waals surface area contributed by atoms with Crippen LogP contribution in [-0.2, 0) is 16.6 Å². The van der Waals surface area contributed by atoms with Crippen molar-refractivity contribution in [2.24, 2.45) is 0 Å². The Morgan fingerprint density at radius 2 is 1.09 bits per heavy atom. The number of halogens is 2. The van der Waals surface area contributed by atoms with Gasteiger partial charge in [-0.2, -0.15) is 0 Å². The molecule has 3 aliphatic rings. The summed E-state index contributed by atoms with van der Waals surface area (Å²) in [7, 11) is 0. The number of benzene rings is 2. The summed E-state index contributed by atoms with van der Waals surface area (Å²) in [4.78, 5) is 0. The fraction of sp³-hybridized carbons (Fsp3) is 0.200. The molecule has 23 heavy (non-hydrogen) atoms. The molecule has 0 N–H and O–H groups in total. The van der Waals surface area contributed by atoms with Gasteiger partial charge in [-0.15, -0.1) is 34.0 Å². The molecule has 5 rings (SSSR count). The molecular weight excluding hydrogens is 448 g/mol. The van der Waals surface area contributed by atoms with E-state index < -0.39 is 16.6 Å². The van der Waals surface area contributed by atoms with E-state index in [1.54, 1.807) is 11.1 Å². The zero-order chi connectivity index (χ0) is 13.9. The zero-order valence-electron chi connectivity index (χ0n) is 12.8. The van der Waals surface area contributed by atoms with Crippen LogP contribution >= 0.6 is 34.0 Å². The zero-order valence-corrected chi connectivity index (χ0v) is 17.8. The third-order valence-corrected chi connectivity index (χ3v) is 13.7. The molecule has 1 fully saturated rings. The van der Waals surface area contributed by atoms with Crippen LogP contribution in [0.15, 0.2) is 60.7 Å². The number of hydrogen-bond donors (Lipinski definition) is 0. The van der Waals surface area contributed by atoms with Gasteiger partial charge in [0.05, 0.1) is 0 Å². The van der Waals surface area contributed by atoms with Crippen LogP contribution in [0.2, 0.25) is 9.45 Å². The molecule has 0 nitrogen and oxygen atoms in total. The number of allylic oxidation sites excluding steroid dienone is 2. The standard InChI is InChI=1S/2C9H7.C2H4.2BrH.Ti/c2*1-2-5-9-7-3-6-8(9)4-1;1-2;;;/h2*1-7H;1-2H2;2*1H;. The van der Waals surface area contributed by atoms with E-state index in [4.69, 9.17) is 0 Å². The fourth-order valence-corrected chi connectivity index (χ4v) is 13.6. The Morgan fingerprint density at radius 3 is 1.52 bits per heavy atom. The molecule has 1 aliphatic heterocycles. The van der Waals surface area contributed by atoms with Crippen LogP contribution < -0.4 is 0 Å². The van der Waals surface area contributed by atoms with Gasteiger partial charge in [0.25, 0.3) is 0 Å². The van der Waals surface area contributed by atoms with Crippen molar-refractivity contribution in [1.29, 1.82) is 0 Å². The van der Waals surface area contributed by atoms with Crippen molar-refractivity contribution in [3.63, 3.8) is 0 Å². The Morgan fingerprint density at radius 1 is 0.652 bits per heavy atom. The topological polar surface area (TPSA) is 0 Å². The van der Waals surface area contributed by atoms with Gasteiger partial charge in [0, 0.05) is 0 Å². The maximum absolute atomic E-state index is 2.53. The van der Waals surface area contributed by atoms with E-state index in [9.17, 15) is 0 Å². The van der Waals surface area contributed by atoms with Gasteiger partial charge in [0.2, 0.25) is 0 Å². The monoisotopic (exact) mass is 466 g/mol. The molecule has 0 saturated carbocycles. The summed E-state index contributed by atoms with van der Waals surface area (Å²) in [5.74, 6) is 0. The summed E-state index contributed by atoms with van der Waals surface area (Å²) in [6.45, 7) is 0. The molecule has 0 spiro atoms. The van der Waals surface area contributed by atoms with Gasteiger partial charge in [-0.25, -0.2) is 0 Å². The third-order valence-electron chi connectivity index (χ3n) is 5.66. The molecular formula is C20H20Br2Ti. The van der Waals surface area contributed by atoms with Gasteiger partial charge in [-0.1, -0.05) is 0 Å². The summed E-state index contributed by atoms with van der Waals surface area (Å²) >= 11 is -1.85. The SMILES string of the molecule is Br.Br.C1=C[CH]([Ti]2([CH]3C=Cc4ccccc43)[CH2][CH2]2)c2ccccc21. The summed E-state index contributed by atoms with van der Waals surface area (Å²) in [5.41, 5.74) is 6.17. The van der Waals surface area contributed by atoms with Gasteiger partial charge in [-0.3, -0.25) is 0 Å². The molecule has 0 amide bonds. The van der Waals surface area contributed by atoms with Crippen molar-refractivity contribution < 1.29 is 16.6 Å². The van der Waals surface area contributed by atoms with E-state index in [2.05, 4.69) is 72.8 Å². The van der Waals surface area contributed by atoms with Gasteiger partial charge < -0.3 is 0 Å². The van der Waals surface area contributed by atoms with Crippen LogP contribution in [0.5, 0.6) is 0 Å². The Kier molecular flexibility index (Phi) is 4.91. The van der Waals surface area contributed by atoms with Gasteiger partial charge >= 0.3 is 130 Å². The van der Waals surface area contributed by atoms with Crippen LogP contribution in [-0.4, -0.2) is 0 Å². The molecule has 2 atom stereocenters. The van der Waals surface area contributed by atoms with Crippen molar-refractivity contribution in [3.05, 3.63) is 82.9 Å².